The molecule has 1 aromatic rings. The highest BCUT2D eigenvalue weighted by Gasteiger charge is 2.24. The molecule has 1 heterocycles. The summed E-state index contributed by atoms with van der Waals surface area (Å²) in [6.07, 6.45) is 2.15. The van der Waals surface area contributed by atoms with E-state index in [2.05, 4.69) is 0 Å². The van der Waals surface area contributed by atoms with Crippen molar-refractivity contribution in [2.75, 3.05) is 19.6 Å². The number of hydrogen-bond acceptors (Lipinski definition) is 4. The number of carbonyl (C=O) groups is 1. The van der Waals surface area contributed by atoms with E-state index in [4.69, 9.17) is 5.73 Å². The van der Waals surface area contributed by atoms with Crippen LogP contribution >= 0.6 is 0 Å². The van der Waals surface area contributed by atoms with Crippen LogP contribution in [0.25, 0.3) is 5.57 Å². The number of nitro benzene ring substituents is 1. The summed E-state index contributed by atoms with van der Waals surface area (Å²) >= 11 is 0. The summed E-state index contributed by atoms with van der Waals surface area (Å²) in [6.45, 7) is 1.06. The second-order valence-corrected chi connectivity index (χ2v) is 4.57. The van der Waals surface area contributed by atoms with Gasteiger partial charge in [-0.3, -0.25) is 19.8 Å². The number of nitro groups is 1. The van der Waals surface area contributed by atoms with Crippen LogP contribution in [0.1, 0.15) is 12.0 Å². The highest BCUT2D eigenvalue weighted by molar-refractivity contribution is 5.77. The van der Waals surface area contributed by atoms with Crippen LogP contribution in [0.3, 0.4) is 0 Å². The molecule has 6 nitrogen and oxygen atoms in total. The van der Waals surface area contributed by atoms with Gasteiger partial charge in [0, 0.05) is 19.2 Å². The first-order valence-electron chi connectivity index (χ1n) is 6.12. The van der Waals surface area contributed by atoms with E-state index in [1.165, 1.54) is 18.2 Å². The molecule has 0 spiro atoms. The van der Waals surface area contributed by atoms with E-state index >= 15 is 0 Å². The van der Waals surface area contributed by atoms with Crippen molar-refractivity contribution in [1.29, 1.82) is 0 Å². The van der Waals surface area contributed by atoms with Gasteiger partial charge in [0.2, 0.25) is 5.91 Å². The summed E-state index contributed by atoms with van der Waals surface area (Å²) < 4.78 is 13.9. The Kier molecular flexibility index (Phi) is 4.09. The highest BCUT2D eigenvalue weighted by Crippen LogP contribution is 2.32. The Morgan fingerprint density at radius 3 is 2.80 bits per heavy atom. The van der Waals surface area contributed by atoms with E-state index in [0.29, 0.717) is 25.1 Å². The molecule has 0 bridgehead atoms. The van der Waals surface area contributed by atoms with Crippen molar-refractivity contribution in [1.82, 2.24) is 4.90 Å². The lowest BCUT2D eigenvalue weighted by molar-refractivity contribution is -0.385. The molecule has 7 heteroatoms. The normalized spacial score (nSPS) is 15.8. The van der Waals surface area contributed by atoms with Crippen LogP contribution in [0, 0.1) is 15.9 Å². The van der Waals surface area contributed by atoms with Crippen molar-refractivity contribution in [3.63, 3.8) is 0 Å². The maximum atomic E-state index is 13.9. The van der Waals surface area contributed by atoms with Gasteiger partial charge in [-0.25, -0.2) is 4.39 Å². The molecule has 2 rings (SSSR count). The lowest BCUT2D eigenvalue weighted by Crippen LogP contribution is -2.36. The van der Waals surface area contributed by atoms with E-state index in [0.717, 1.165) is 0 Å². The first-order chi connectivity index (χ1) is 9.49. The lowest BCUT2D eigenvalue weighted by Gasteiger charge is -2.25. The SMILES string of the molecule is NC(=O)CN1CC=C(c2c(F)cccc2[N+](=O)[O-])CC1. The van der Waals surface area contributed by atoms with Crippen LogP contribution in [0.2, 0.25) is 0 Å². The molecule has 1 aliphatic rings. The van der Waals surface area contributed by atoms with Crippen molar-refractivity contribution in [3.05, 3.63) is 45.8 Å². The molecule has 0 unspecified atom stereocenters. The van der Waals surface area contributed by atoms with Gasteiger partial charge >= 0.3 is 0 Å². The van der Waals surface area contributed by atoms with Crippen LogP contribution in [-0.4, -0.2) is 35.4 Å². The van der Waals surface area contributed by atoms with Gasteiger partial charge in [0.25, 0.3) is 5.69 Å². The minimum Gasteiger partial charge on any atom is -0.369 e. The Labute approximate surface area is 114 Å². The molecule has 20 heavy (non-hydrogen) atoms. The van der Waals surface area contributed by atoms with E-state index < -0.39 is 16.6 Å². The Morgan fingerprint density at radius 2 is 2.25 bits per heavy atom. The fourth-order valence-electron chi connectivity index (χ4n) is 2.29. The molecule has 0 aromatic heterocycles. The van der Waals surface area contributed by atoms with E-state index in [1.807, 2.05) is 0 Å². The molecule has 2 N–H and O–H groups in total. The summed E-state index contributed by atoms with van der Waals surface area (Å²) in [5.74, 6) is -1.03. The molecule has 106 valence electrons. The van der Waals surface area contributed by atoms with Crippen LogP contribution in [0.4, 0.5) is 10.1 Å². The maximum Gasteiger partial charge on any atom is 0.279 e. The smallest absolute Gasteiger partial charge is 0.279 e. The molecular formula is C13H14FN3O3. The summed E-state index contributed by atoms with van der Waals surface area (Å²) in [7, 11) is 0. The zero-order valence-corrected chi connectivity index (χ0v) is 10.7. The Balaban J connectivity index is 2.28. The summed E-state index contributed by atoms with van der Waals surface area (Å²) in [4.78, 5) is 23.0. The highest BCUT2D eigenvalue weighted by atomic mass is 19.1. The molecule has 0 saturated carbocycles. The topological polar surface area (TPSA) is 89.5 Å². The van der Waals surface area contributed by atoms with Crippen molar-refractivity contribution in [2.24, 2.45) is 5.73 Å². The predicted molar refractivity (Wildman–Crippen MR) is 71.3 cm³/mol. The van der Waals surface area contributed by atoms with Crippen LogP contribution < -0.4 is 5.73 Å². The minimum atomic E-state index is -0.603. The summed E-state index contributed by atoms with van der Waals surface area (Å²) in [5.41, 5.74) is 5.50. The summed E-state index contributed by atoms with van der Waals surface area (Å²) in [6, 6.07) is 3.81. The fourth-order valence-corrected chi connectivity index (χ4v) is 2.29. The number of hydrogen-bond donors (Lipinski definition) is 1. The average molecular weight is 279 g/mol. The number of nitrogens with two attached hydrogens (primary N) is 1. The quantitative estimate of drug-likeness (QED) is 0.664. The van der Waals surface area contributed by atoms with Gasteiger partial charge in [-0.15, -0.1) is 0 Å². The standard InChI is InChI=1S/C13H14FN3O3/c14-10-2-1-3-11(17(19)20)13(10)9-4-6-16(7-5-9)8-12(15)18/h1-4H,5-8H2,(H2,15,18). The third-order valence-corrected chi connectivity index (χ3v) is 3.18. The summed E-state index contributed by atoms with van der Waals surface area (Å²) in [5, 5.41) is 11.0. The number of rotatable bonds is 4. The van der Waals surface area contributed by atoms with Gasteiger partial charge in [-0.05, 0) is 18.1 Å². The second kappa shape index (κ2) is 5.79. The number of amides is 1. The monoisotopic (exact) mass is 279 g/mol. The Bertz CT molecular complexity index is 586. The molecule has 0 radical (unpaired) electrons. The molecule has 0 atom stereocenters. The number of carbonyl (C=O) groups excluding carboxylic acids is 1. The molecule has 0 fully saturated rings. The third-order valence-electron chi connectivity index (χ3n) is 3.18. The van der Waals surface area contributed by atoms with Crippen molar-refractivity contribution in [3.8, 4) is 0 Å². The Morgan fingerprint density at radius 1 is 1.50 bits per heavy atom. The molecule has 0 aliphatic carbocycles. The van der Waals surface area contributed by atoms with E-state index in [9.17, 15) is 19.3 Å². The Hall–Kier alpha value is -2.28. The van der Waals surface area contributed by atoms with E-state index in [1.54, 1.807) is 11.0 Å². The molecule has 0 saturated heterocycles. The number of halogens is 1. The van der Waals surface area contributed by atoms with Crippen LogP contribution in [-0.2, 0) is 4.79 Å². The third kappa shape index (κ3) is 3.00. The number of primary amides is 1. The molecule has 1 aromatic carbocycles. The lowest BCUT2D eigenvalue weighted by atomic mass is 9.97. The first kappa shape index (κ1) is 14.1. The minimum absolute atomic E-state index is 0.0382. The van der Waals surface area contributed by atoms with Crippen molar-refractivity contribution < 1.29 is 14.1 Å². The average Bonchev–Trinajstić information content (AvgIpc) is 2.39. The van der Waals surface area contributed by atoms with Crippen molar-refractivity contribution >= 4 is 17.2 Å². The van der Waals surface area contributed by atoms with Gasteiger partial charge < -0.3 is 5.73 Å². The predicted octanol–water partition coefficient (Wildman–Crippen LogP) is 1.31. The van der Waals surface area contributed by atoms with Crippen LogP contribution in [0.5, 0.6) is 0 Å². The fraction of sp³-hybridized carbons (Fsp3) is 0.308. The zero-order chi connectivity index (χ0) is 14.7. The van der Waals surface area contributed by atoms with Gasteiger partial charge in [0.1, 0.15) is 5.82 Å². The van der Waals surface area contributed by atoms with Gasteiger partial charge in [-0.2, -0.15) is 0 Å². The number of nitrogens with zero attached hydrogens (tertiary/aromatic N) is 2. The zero-order valence-electron chi connectivity index (χ0n) is 10.7. The second-order valence-electron chi connectivity index (χ2n) is 4.57. The van der Waals surface area contributed by atoms with Gasteiger partial charge in [-0.1, -0.05) is 12.1 Å². The van der Waals surface area contributed by atoms with Crippen LogP contribution in [0.15, 0.2) is 24.3 Å². The largest absolute Gasteiger partial charge is 0.369 e. The van der Waals surface area contributed by atoms with E-state index in [-0.39, 0.29) is 17.8 Å². The molecule has 1 aliphatic heterocycles. The van der Waals surface area contributed by atoms with Gasteiger partial charge in [0.15, 0.2) is 0 Å². The number of benzene rings is 1. The van der Waals surface area contributed by atoms with Gasteiger partial charge in [0.05, 0.1) is 17.0 Å². The maximum absolute atomic E-state index is 13.9. The first-order valence-corrected chi connectivity index (χ1v) is 6.12. The molecular weight excluding hydrogens is 265 g/mol. The van der Waals surface area contributed by atoms with Crippen molar-refractivity contribution in [2.45, 2.75) is 6.42 Å². The molecule has 1 amide bonds.